The number of fused-ring (bicyclic) bond motifs is 1. The van der Waals surface area contributed by atoms with Crippen LogP contribution in [0.2, 0.25) is 0 Å². The van der Waals surface area contributed by atoms with Crippen LogP contribution in [0.25, 0.3) is 21.9 Å². The summed E-state index contributed by atoms with van der Waals surface area (Å²) in [5.41, 5.74) is 3.81. The molecule has 0 spiro atoms. The number of hydrogen-bond donors (Lipinski definition) is 0. The van der Waals surface area contributed by atoms with Gasteiger partial charge in [-0.2, -0.15) is 5.01 Å². The van der Waals surface area contributed by atoms with Crippen LogP contribution < -0.4 is 4.74 Å². The second-order valence-corrected chi connectivity index (χ2v) is 7.59. The van der Waals surface area contributed by atoms with E-state index in [1.165, 1.54) is 11.9 Å². The molecule has 1 aliphatic rings. The van der Waals surface area contributed by atoms with E-state index < -0.39 is 6.23 Å². The molecule has 0 N–H and O–H groups in total. The number of rotatable bonds is 4. The van der Waals surface area contributed by atoms with Gasteiger partial charge in [0.15, 0.2) is 0 Å². The quantitative estimate of drug-likeness (QED) is 0.420. The van der Waals surface area contributed by atoms with Crippen molar-refractivity contribution in [2.24, 2.45) is 5.10 Å². The van der Waals surface area contributed by atoms with E-state index in [2.05, 4.69) is 17.2 Å². The van der Waals surface area contributed by atoms with E-state index in [-0.39, 0.29) is 5.91 Å². The lowest BCUT2D eigenvalue weighted by molar-refractivity contribution is -0.135. The SMILES string of the molecule is COc1ccc2ccccc2c1C1=NN(C(C)=O)[C@H](c2ccc(-c3ccccc3)cc2)O1. The van der Waals surface area contributed by atoms with E-state index in [1.807, 2.05) is 78.9 Å². The van der Waals surface area contributed by atoms with Gasteiger partial charge in [0.25, 0.3) is 0 Å². The Labute approximate surface area is 186 Å². The molecule has 4 aromatic rings. The first-order valence-electron chi connectivity index (χ1n) is 10.4. The predicted molar refractivity (Wildman–Crippen MR) is 125 cm³/mol. The number of nitrogens with zero attached hydrogens (tertiary/aromatic N) is 2. The minimum absolute atomic E-state index is 0.198. The van der Waals surface area contributed by atoms with Gasteiger partial charge in [-0.05, 0) is 28.0 Å². The average Bonchev–Trinajstić information content (AvgIpc) is 3.29. The second kappa shape index (κ2) is 8.19. The van der Waals surface area contributed by atoms with Crippen molar-refractivity contribution in [1.82, 2.24) is 5.01 Å². The minimum Gasteiger partial charge on any atom is -0.496 e. The molecule has 0 unspecified atom stereocenters. The highest BCUT2D eigenvalue weighted by molar-refractivity contribution is 6.10. The third-order valence-corrected chi connectivity index (χ3v) is 5.59. The number of benzene rings is 4. The van der Waals surface area contributed by atoms with Gasteiger partial charge in [-0.25, -0.2) is 0 Å². The summed E-state index contributed by atoms with van der Waals surface area (Å²) in [5.74, 6) is 0.813. The van der Waals surface area contributed by atoms with Crippen molar-refractivity contribution in [3.63, 3.8) is 0 Å². The van der Waals surface area contributed by atoms with E-state index in [0.29, 0.717) is 11.6 Å². The Kier molecular flexibility index (Phi) is 5.07. The molecule has 1 amide bonds. The summed E-state index contributed by atoms with van der Waals surface area (Å²) in [4.78, 5) is 12.4. The van der Waals surface area contributed by atoms with Crippen LogP contribution in [-0.4, -0.2) is 23.9 Å². The van der Waals surface area contributed by atoms with Gasteiger partial charge < -0.3 is 9.47 Å². The molecule has 0 saturated carbocycles. The van der Waals surface area contributed by atoms with Crippen LogP contribution in [0, 0.1) is 0 Å². The minimum atomic E-state index is -0.643. The molecule has 1 atom stereocenters. The predicted octanol–water partition coefficient (Wildman–Crippen LogP) is 5.75. The van der Waals surface area contributed by atoms with E-state index in [9.17, 15) is 4.79 Å². The van der Waals surface area contributed by atoms with Crippen molar-refractivity contribution in [3.8, 4) is 16.9 Å². The first-order valence-corrected chi connectivity index (χ1v) is 10.4. The van der Waals surface area contributed by atoms with Gasteiger partial charge in [0.1, 0.15) is 5.75 Å². The largest absolute Gasteiger partial charge is 0.496 e. The number of hydrazone groups is 1. The first kappa shape index (κ1) is 19.8. The number of hydrogen-bond acceptors (Lipinski definition) is 4. The van der Waals surface area contributed by atoms with Gasteiger partial charge in [-0.1, -0.05) is 84.9 Å². The third kappa shape index (κ3) is 3.48. The molecule has 1 heterocycles. The summed E-state index contributed by atoms with van der Waals surface area (Å²) >= 11 is 0. The van der Waals surface area contributed by atoms with Crippen molar-refractivity contribution in [2.75, 3.05) is 7.11 Å². The Balaban J connectivity index is 1.53. The van der Waals surface area contributed by atoms with Crippen LogP contribution in [0.1, 0.15) is 24.3 Å². The fourth-order valence-electron chi connectivity index (χ4n) is 4.00. The molecule has 5 heteroatoms. The lowest BCUT2D eigenvalue weighted by Crippen LogP contribution is -2.25. The molecular weight excluding hydrogens is 400 g/mol. The molecule has 4 aromatic carbocycles. The molecule has 0 fully saturated rings. The first-order chi connectivity index (χ1) is 15.7. The zero-order valence-electron chi connectivity index (χ0n) is 17.9. The van der Waals surface area contributed by atoms with Gasteiger partial charge in [-0.15, -0.1) is 5.10 Å². The van der Waals surface area contributed by atoms with Gasteiger partial charge in [0, 0.05) is 12.5 Å². The Morgan fingerprint density at radius 1 is 0.875 bits per heavy atom. The third-order valence-electron chi connectivity index (χ3n) is 5.59. The van der Waals surface area contributed by atoms with Crippen molar-refractivity contribution in [1.29, 1.82) is 0 Å². The van der Waals surface area contributed by atoms with E-state index in [0.717, 1.165) is 33.0 Å². The van der Waals surface area contributed by atoms with Crippen LogP contribution in [0.4, 0.5) is 0 Å². The van der Waals surface area contributed by atoms with Crippen molar-refractivity contribution in [3.05, 3.63) is 102 Å². The molecule has 0 aromatic heterocycles. The molecule has 0 saturated heterocycles. The molecule has 0 bridgehead atoms. The number of methoxy groups -OCH3 is 1. The van der Waals surface area contributed by atoms with Crippen molar-refractivity contribution < 1.29 is 14.3 Å². The number of carbonyl (C=O) groups is 1. The van der Waals surface area contributed by atoms with E-state index in [1.54, 1.807) is 7.11 Å². The number of amides is 1. The highest BCUT2D eigenvalue weighted by Crippen LogP contribution is 2.36. The Morgan fingerprint density at radius 3 is 2.28 bits per heavy atom. The van der Waals surface area contributed by atoms with Crippen LogP contribution in [0.3, 0.4) is 0 Å². The highest BCUT2D eigenvalue weighted by atomic mass is 16.5. The summed E-state index contributed by atoms with van der Waals surface area (Å²) in [6, 6.07) is 30.0. The fourth-order valence-corrected chi connectivity index (χ4v) is 4.00. The zero-order chi connectivity index (χ0) is 22.1. The molecule has 5 rings (SSSR count). The summed E-state index contributed by atoms with van der Waals surface area (Å²) in [6.07, 6.45) is -0.643. The maximum absolute atomic E-state index is 12.4. The molecule has 1 aliphatic heterocycles. The number of ether oxygens (including phenoxy) is 2. The monoisotopic (exact) mass is 422 g/mol. The maximum Gasteiger partial charge on any atom is 0.245 e. The molecule has 158 valence electrons. The van der Waals surface area contributed by atoms with Crippen LogP contribution in [0.5, 0.6) is 5.75 Å². The normalized spacial score (nSPS) is 15.4. The Hall–Kier alpha value is -4.12. The average molecular weight is 422 g/mol. The van der Waals surface area contributed by atoms with Crippen LogP contribution in [-0.2, 0) is 9.53 Å². The van der Waals surface area contributed by atoms with E-state index in [4.69, 9.17) is 9.47 Å². The van der Waals surface area contributed by atoms with E-state index >= 15 is 0 Å². The topological polar surface area (TPSA) is 51.1 Å². The summed E-state index contributed by atoms with van der Waals surface area (Å²) in [7, 11) is 1.62. The summed E-state index contributed by atoms with van der Waals surface area (Å²) in [6.45, 7) is 1.49. The maximum atomic E-state index is 12.4. The molecule has 0 aliphatic carbocycles. The lowest BCUT2D eigenvalue weighted by atomic mass is 10.0. The Bertz CT molecular complexity index is 1310. The van der Waals surface area contributed by atoms with Crippen molar-refractivity contribution in [2.45, 2.75) is 13.2 Å². The Morgan fingerprint density at radius 2 is 1.56 bits per heavy atom. The lowest BCUT2D eigenvalue weighted by Gasteiger charge is -2.20. The summed E-state index contributed by atoms with van der Waals surface area (Å²) in [5, 5.41) is 7.93. The van der Waals surface area contributed by atoms with Gasteiger partial charge in [-0.3, -0.25) is 4.79 Å². The van der Waals surface area contributed by atoms with Gasteiger partial charge in [0.05, 0.1) is 12.7 Å². The standard InChI is InChI=1S/C27H22N2O3/c1-18(30)29-27(22-14-12-20(13-15-22)19-8-4-3-5-9-19)32-26(28-29)25-23-11-7-6-10-21(23)16-17-24(25)31-2/h3-17,27H,1-2H3/t27-/m0/s1. The fraction of sp³-hybridized carbons (Fsp3) is 0.111. The molecule has 0 radical (unpaired) electrons. The van der Waals surface area contributed by atoms with Crippen LogP contribution in [0.15, 0.2) is 96.1 Å². The molecular formula is C27H22N2O3. The molecule has 5 nitrogen and oxygen atoms in total. The number of carbonyl (C=O) groups excluding carboxylic acids is 1. The molecule has 32 heavy (non-hydrogen) atoms. The van der Waals surface area contributed by atoms with Crippen molar-refractivity contribution >= 4 is 22.6 Å². The smallest absolute Gasteiger partial charge is 0.245 e. The van der Waals surface area contributed by atoms with Gasteiger partial charge in [0.2, 0.25) is 18.0 Å². The highest BCUT2D eigenvalue weighted by Gasteiger charge is 2.34. The zero-order valence-corrected chi connectivity index (χ0v) is 17.9. The summed E-state index contributed by atoms with van der Waals surface area (Å²) < 4.78 is 11.9. The van der Waals surface area contributed by atoms with Crippen LogP contribution >= 0.6 is 0 Å². The van der Waals surface area contributed by atoms with Gasteiger partial charge >= 0.3 is 0 Å². The second-order valence-electron chi connectivity index (χ2n) is 7.59.